The Morgan fingerprint density at radius 3 is 2.73 bits per heavy atom. The fourth-order valence-corrected chi connectivity index (χ4v) is 4.89. The van der Waals surface area contributed by atoms with E-state index in [1.54, 1.807) is 0 Å². The summed E-state index contributed by atoms with van der Waals surface area (Å²) >= 11 is 6.53. The number of aliphatic hydroxyl groups is 3. The average molecular weight is 574 g/mol. The lowest BCUT2D eigenvalue weighted by Crippen LogP contribution is -2.64. The molecular weight excluding hydrogens is 542 g/mol. The van der Waals surface area contributed by atoms with Gasteiger partial charge in [0.15, 0.2) is 17.8 Å². The van der Waals surface area contributed by atoms with E-state index in [4.69, 9.17) is 42.0 Å². The van der Waals surface area contributed by atoms with Crippen LogP contribution in [0, 0.1) is 12.3 Å². The lowest BCUT2D eigenvalue weighted by Gasteiger charge is -2.41. The van der Waals surface area contributed by atoms with Crippen LogP contribution < -0.4 is 14.8 Å². The molecule has 0 radical (unpaired) electrons. The predicted octanol–water partition coefficient (Wildman–Crippen LogP) is 1.87. The zero-order valence-electron chi connectivity index (χ0n) is 22.1. The van der Waals surface area contributed by atoms with Crippen LogP contribution in [0.2, 0.25) is 5.02 Å². The van der Waals surface area contributed by atoms with Crippen LogP contribution in [0.15, 0.2) is 36.4 Å². The van der Waals surface area contributed by atoms with E-state index in [2.05, 4.69) is 15.8 Å². The average Bonchev–Trinajstić information content (AvgIpc) is 3.31. The van der Waals surface area contributed by atoms with Crippen LogP contribution >= 0.6 is 11.6 Å². The van der Waals surface area contributed by atoms with Gasteiger partial charge in [-0.25, -0.2) is 4.98 Å². The van der Waals surface area contributed by atoms with Crippen molar-refractivity contribution in [3.8, 4) is 23.8 Å². The number of aryl methyl sites for hydroxylation is 1. The number of carbonyl (C=O) groups excluding carboxylic acids is 1. The quantitative estimate of drug-likeness (QED) is 0.199. The van der Waals surface area contributed by atoms with Crippen molar-refractivity contribution in [2.45, 2.75) is 56.6 Å². The summed E-state index contributed by atoms with van der Waals surface area (Å²) in [6.07, 6.45) is 1.76. The first-order chi connectivity index (χ1) is 19.3. The number of nitrogens with one attached hydrogen (secondary N) is 1. The van der Waals surface area contributed by atoms with E-state index in [1.807, 2.05) is 24.3 Å². The zero-order chi connectivity index (χ0) is 28.8. The van der Waals surface area contributed by atoms with Crippen molar-refractivity contribution in [1.29, 1.82) is 0 Å². The summed E-state index contributed by atoms with van der Waals surface area (Å²) in [6, 6.07) is 9.46. The minimum Gasteiger partial charge on any atom is -0.493 e. The molecule has 1 aliphatic heterocycles. The molecule has 1 aliphatic rings. The number of amides is 1. The van der Waals surface area contributed by atoms with E-state index >= 15 is 0 Å². The number of hydrogen-bond acceptors (Lipinski definition) is 9. The number of nitrogens with zero attached hydrogens (tertiary/aromatic N) is 2. The Balaban J connectivity index is 1.53. The number of aliphatic hydroxyl groups excluding tert-OH is 3. The number of para-hydroxylation sites is 2. The molecule has 0 unspecified atom stereocenters. The maximum Gasteiger partial charge on any atom is 0.251 e. The lowest BCUT2D eigenvalue weighted by atomic mass is 9.96. The van der Waals surface area contributed by atoms with Gasteiger partial charge in [0, 0.05) is 25.6 Å². The number of rotatable bonds is 11. The zero-order valence-corrected chi connectivity index (χ0v) is 22.9. The SMILES string of the molecule is C#CCCCn1c(COc2c(Cl)cc(C(=O)N[C@H]3[C@@H](OC)O[C@H](CO)[C@@H](O)[C@@H]3O)cc2OC)nc2ccccc21. The molecule has 214 valence electrons. The third-order valence-electron chi connectivity index (χ3n) is 6.68. The number of halogens is 1. The summed E-state index contributed by atoms with van der Waals surface area (Å²) in [6.45, 7) is 0.214. The van der Waals surface area contributed by atoms with Crippen LogP contribution in [-0.2, 0) is 22.6 Å². The third-order valence-corrected chi connectivity index (χ3v) is 6.97. The molecule has 2 aromatic carbocycles. The first-order valence-electron chi connectivity index (χ1n) is 12.7. The molecule has 2 heterocycles. The molecule has 1 amide bonds. The summed E-state index contributed by atoms with van der Waals surface area (Å²) in [5, 5.41) is 32.9. The van der Waals surface area contributed by atoms with Gasteiger partial charge in [-0.2, -0.15) is 0 Å². The number of unbranched alkanes of at least 4 members (excludes halogenated alkanes) is 1. The largest absolute Gasteiger partial charge is 0.493 e. The molecule has 0 saturated carbocycles. The Labute approximate surface area is 236 Å². The highest BCUT2D eigenvalue weighted by Gasteiger charge is 2.45. The number of terminal acetylenes is 1. The standard InChI is InChI=1S/C28H32ClN3O8/c1-4-5-8-11-32-19-10-7-6-9-18(19)30-22(32)15-39-26-17(29)12-16(13-20(26)37-2)27(36)31-23-25(35)24(34)21(14-33)40-28(23)38-3/h1,6-7,9-10,12-13,21,23-25,28,33-35H,5,8,11,14-15H2,2-3H3,(H,31,36)/t21-,23-,24-,25-,28+/m1/s1. The Hall–Kier alpha value is -3.37. The van der Waals surface area contributed by atoms with Crippen molar-refractivity contribution in [3.05, 3.63) is 52.8 Å². The van der Waals surface area contributed by atoms with Gasteiger partial charge in [0.05, 0.1) is 29.8 Å². The molecule has 5 atom stereocenters. The van der Waals surface area contributed by atoms with Gasteiger partial charge in [-0.3, -0.25) is 4.79 Å². The maximum atomic E-state index is 13.1. The minimum absolute atomic E-state index is 0.0807. The van der Waals surface area contributed by atoms with Gasteiger partial charge in [0.25, 0.3) is 5.91 Å². The number of benzene rings is 2. The molecule has 0 bridgehead atoms. The number of hydrogen-bond donors (Lipinski definition) is 4. The minimum atomic E-state index is -1.46. The maximum absolute atomic E-state index is 13.1. The number of ether oxygens (including phenoxy) is 4. The number of methoxy groups -OCH3 is 2. The molecule has 3 aromatic rings. The molecule has 0 spiro atoms. The van der Waals surface area contributed by atoms with E-state index in [1.165, 1.54) is 26.4 Å². The predicted molar refractivity (Wildman–Crippen MR) is 146 cm³/mol. The summed E-state index contributed by atoms with van der Waals surface area (Å²) in [4.78, 5) is 17.8. The van der Waals surface area contributed by atoms with Crippen molar-refractivity contribution < 1.29 is 39.1 Å². The number of carbonyl (C=O) groups is 1. The van der Waals surface area contributed by atoms with Crippen LogP contribution in [0.4, 0.5) is 0 Å². The van der Waals surface area contributed by atoms with Crippen molar-refractivity contribution in [1.82, 2.24) is 14.9 Å². The van der Waals surface area contributed by atoms with Gasteiger partial charge in [0.2, 0.25) is 0 Å². The molecule has 12 heteroatoms. The molecule has 4 N–H and O–H groups in total. The van der Waals surface area contributed by atoms with E-state index in [0.717, 1.165) is 17.5 Å². The molecule has 1 saturated heterocycles. The highest BCUT2D eigenvalue weighted by molar-refractivity contribution is 6.32. The molecular formula is C28H32ClN3O8. The Kier molecular flexibility index (Phi) is 9.86. The van der Waals surface area contributed by atoms with Crippen molar-refractivity contribution in [2.75, 3.05) is 20.8 Å². The Morgan fingerprint density at radius 2 is 2.02 bits per heavy atom. The Morgan fingerprint density at radius 1 is 1.25 bits per heavy atom. The van der Waals surface area contributed by atoms with Gasteiger partial charge in [-0.05, 0) is 30.7 Å². The van der Waals surface area contributed by atoms with Crippen LogP contribution in [0.5, 0.6) is 11.5 Å². The van der Waals surface area contributed by atoms with Crippen molar-refractivity contribution in [2.24, 2.45) is 0 Å². The smallest absolute Gasteiger partial charge is 0.251 e. The first kappa shape index (κ1) is 29.6. The summed E-state index contributed by atoms with van der Waals surface area (Å²) in [5.41, 5.74) is 1.89. The molecule has 11 nitrogen and oxygen atoms in total. The molecule has 4 rings (SSSR count). The second-order valence-corrected chi connectivity index (χ2v) is 9.60. The van der Waals surface area contributed by atoms with Gasteiger partial charge >= 0.3 is 0 Å². The van der Waals surface area contributed by atoms with Crippen LogP contribution in [0.25, 0.3) is 11.0 Å². The molecule has 1 aromatic heterocycles. The summed E-state index contributed by atoms with van der Waals surface area (Å²) < 4.78 is 24.2. The number of fused-ring (bicyclic) bond motifs is 1. The van der Waals surface area contributed by atoms with E-state index in [-0.39, 0.29) is 28.7 Å². The van der Waals surface area contributed by atoms with Crippen molar-refractivity contribution in [3.63, 3.8) is 0 Å². The third kappa shape index (κ3) is 6.18. The van der Waals surface area contributed by atoms with Crippen LogP contribution in [-0.4, -0.2) is 82.2 Å². The van der Waals surface area contributed by atoms with Gasteiger partial charge < -0.3 is 44.2 Å². The monoisotopic (exact) mass is 573 g/mol. The molecule has 1 fully saturated rings. The number of imidazole rings is 1. The number of aromatic nitrogens is 2. The first-order valence-corrected chi connectivity index (χ1v) is 13.0. The summed E-state index contributed by atoms with van der Waals surface area (Å²) in [5.74, 6) is 3.12. The second kappa shape index (κ2) is 13.3. The van der Waals surface area contributed by atoms with Gasteiger partial charge in [-0.1, -0.05) is 23.7 Å². The van der Waals surface area contributed by atoms with E-state index < -0.39 is 43.2 Å². The van der Waals surface area contributed by atoms with Gasteiger partial charge in [-0.15, -0.1) is 12.3 Å². The highest BCUT2D eigenvalue weighted by atomic mass is 35.5. The van der Waals surface area contributed by atoms with Gasteiger partial charge in [0.1, 0.15) is 36.8 Å². The Bertz CT molecular complexity index is 1370. The fraction of sp³-hybridized carbons (Fsp3) is 0.429. The van der Waals surface area contributed by atoms with Crippen molar-refractivity contribution >= 4 is 28.5 Å². The topological polar surface area (TPSA) is 145 Å². The fourth-order valence-electron chi connectivity index (χ4n) is 4.62. The van der Waals surface area contributed by atoms with E-state index in [0.29, 0.717) is 18.8 Å². The summed E-state index contributed by atoms with van der Waals surface area (Å²) in [7, 11) is 2.73. The van der Waals surface area contributed by atoms with Crippen LogP contribution in [0.1, 0.15) is 29.0 Å². The normalized spacial score (nSPS) is 22.6. The molecule has 40 heavy (non-hydrogen) atoms. The van der Waals surface area contributed by atoms with Crippen LogP contribution in [0.3, 0.4) is 0 Å². The second-order valence-electron chi connectivity index (χ2n) is 9.20. The van der Waals surface area contributed by atoms with E-state index in [9.17, 15) is 20.1 Å². The highest BCUT2D eigenvalue weighted by Crippen LogP contribution is 2.37. The molecule has 0 aliphatic carbocycles. The lowest BCUT2D eigenvalue weighted by molar-refractivity contribution is -0.261.